The maximum Gasteiger partial charge on any atom is 0.226 e. The fourth-order valence-electron chi connectivity index (χ4n) is 1.81. The van der Waals surface area contributed by atoms with Crippen LogP contribution in [0.25, 0.3) is 0 Å². The van der Waals surface area contributed by atoms with Crippen molar-refractivity contribution in [3.63, 3.8) is 0 Å². The molecule has 3 nitrogen and oxygen atoms in total. The quantitative estimate of drug-likeness (QED) is 0.528. The maximum atomic E-state index is 11.7. The van der Waals surface area contributed by atoms with Crippen molar-refractivity contribution < 1.29 is 4.79 Å². The molecule has 1 rings (SSSR count). The van der Waals surface area contributed by atoms with Crippen LogP contribution in [0.15, 0.2) is 18.2 Å². The van der Waals surface area contributed by atoms with Gasteiger partial charge in [0.1, 0.15) is 0 Å². The molecule has 0 saturated carbocycles. The predicted molar refractivity (Wildman–Crippen MR) is 94.2 cm³/mol. The van der Waals surface area contributed by atoms with Crippen LogP contribution in [-0.2, 0) is 4.79 Å². The van der Waals surface area contributed by atoms with Gasteiger partial charge in [0.2, 0.25) is 5.91 Å². The van der Waals surface area contributed by atoms with Gasteiger partial charge in [-0.3, -0.25) is 4.79 Å². The summed E-state index contributed by atoms with van der Waals surface area (Å²) < 4.78 is 0. The summed E-state index contributed by atoms with van der Waals surface area (Å²) >= 11 is 16.8. The highest BCUT2D eigenvalue weighted by Crippen LogP contribution is 2.24. The normalized spacial score (nSPS) is 10.2. The van der Waals surface area contributed by atoms with Crippen molar-refractivity contribution in [1.82, 2.24) is 5.32 Å². The van der Waals surface area contributed by atoms with Gasteiger partial charge in [-0.05, 0) is 36.8 Å². The minimum absolute atomic E-state index is 0.0657. The van der Waals surface area contributed by atoms with E-state index in [1.807, 2.05) is 0 Å². The number of halogens is 2. The topological polar surface area (TPSA) is 41.1 Å². The van der Waals surface area contributed by atoms with E-state index in [-0.39, 0.29) is 11.0 Å². The fraction of sp³-hybridized carbons (Fsp3) is 0.467. The summed E-state index contributed by atoms with van der Waals surface area (Å²) in [5.41, 5.74) is 0.692. The summed E-state index contributed by atoms with van der Waals surface area (Å²) in [6.07, 6.45) is 6.06. The molecule has 1 aromatic carbocycles. The summed E-state index contributed by atoms with van der Waals surface area (Å²) in [4.78, 5) is 11.7. The van der Waals surface area contributed by atoms with Crippen LogP contribution >= 0.6 is 35.4 Å². The zero-order chi connectivity index (χ0) is 15.7. The Morgan fingerprint density at radius 3 is 2.52 bits per heavy atom. The molecule has 0 bridgehead atoms. The average Bonchev–Trinajstić information content (AvgIpc) is 2.42. The van der Waals surface area contributed by atoms with Crippen LogP contribution in [0, 0.1) is 0 Å². The molecule has 1 amide bonds. The molecule has 0 aromatic heterocycles. The molecule has 0 spiro atoms. The second-order valence-corrected chi connectivity index (χ2v) is 6.02. The number of unbranched alkanes of at least 4 members (excludes halogenated alkanes) is 4. The minimum atomic E-state index is -0.0657. The summed E-state index contributed by atoms with van der Waals surface area (Å²) in [5, 5.41) is 6.75. The molecule has 0 fully saturated rings. The lowest BCUT2D eigenvalue weighted by Gasteiger charge is -2.10. The lowest BCUT2D eigenvalue weighted by Crippen LogP contribution is -2.33. The van der Waals surface area contributed by atoms with Gasteiger partial charge in [-0.1, -0.05) is 55.8 Å². The molecule has 0 heterocycles. The summed E-state index contributed by atoms with van der Waals surface area (Å²) in [6.45, 7) is 2.17. The van der Waals surface area contributed by atoms with Crippen molar-refractivity contribution in [2.45, 2.75) is 45.4 Å². The Morgan fingerprint density at radius 1 is 1.14 bits per heavy atom. The zero-order valence-electron chi connectivity index (χ0n) is 12.0. The highest BCUT2D eigenvalue weighted by atomic mass is 35.5. The van der Waals surface area contributed by atoms with Crippen LogP contribution in [0.1, 0.15) is 45.4 Å². The molecule has 0 atom stereocenters. The number of nitrogens with one attached hydrogen (secondary N) is 2. The molecule has 1 aromatic rings. The molecule has 0 aliphatic carbocycles. The summed E-state index contributed by atoms with van der Waals surface area (Å²) in [7, 11) is 0. The SMILES string of the molecule is CCCCCCCC(=O)NC(=S)Nc1ccc(Cl)c(Cl)c1. The average molecular weight is 347 g/mol. The van der Waals surface area contributed by atoms with Gasteiger partial charge < -0.3 is 10.6 Å². The molecule has 0 aliphatic rings. The molecule has 2 N–H and O–H groups in total. The molecule has 116 valence electrons. The van der Waals surface area contributed by atoms with Gasteiger partial charge in [0.15, 0.2) is 5.11 Å². The number of hydrogen-bond acceptors (Lipinski definition) is 2. The van der Waals surface area contributed by atoms with E-state index in [2.05, 4.69) is 17.6 Å². The highest BCUT2D eigenvalue weighted by molar-refractivity contribution is 7.80. The van der Waals surface area contributed by atoms with Gasteiger partial charge >= 0.3 is 0 Å². The number of amides is 1. The van der Waals surface area contributed by atoms with Gasteiger partial charge in [-0.15, -0.1) is 0 Å². The standard InChI is InChI=1S/C15H20Cl2N2OS/c1-2-3-4-5-6-7-14(20)19-15(21)18-11-8-9-12(16)13(17)10-11/h8-10H,2-7H2,1H3,(H2,18,19,20,21). The third kappa shape index (κ3) is 7.65. The monoisotopic (exact) mass is 346 g/mol. The molecular weight excluding hydrogens is 327 g/mol. The zero-order valence-corrected chi connectivity index (χ0v) is 14.4. The van der Waals surface area contributed by atoms with E-state index in [0.717, 1.165) is 12.8 Å². The van der Waals surface area contributed by atoms with Crippen LogP contribution in [0.3, 0.4) is 0 Å². The van der Waals surface area contributed by atoms with Gasteiger partial charge in [0.05, 0.1) is 10.0 Å². The third-order valence-corrected chi connectivity index (χ3v) is 3.88. The third-order valence-electron chi connectivity index (χ3n) is 2.94. The first-order valence-corrected chi connectivity index (χ1v) is 8.25. The van der Waals surface area contributed by atoms with Crippen molar-refractivity contribution >= 4 is 52.1 Å². The van der Waals surface area contributed by atoms with E-state index in [1.54, 1.807) is 18.2 Å². The van der Waals surface area contributed by atoms with Crippen LogP contribution in [0.4, 0.5) is 5.69 Å². The van der Waals surface area contributed by atoms with Gasteiger partial charge in [-0.2, -0.15) is 0 Å². The van der Waals surface area contributed by atoms with E-state index in [9.17, 15) is 4.79 Å². The van der Waals surface area contributed by atoms with Crippen LogP contribution in [-0.4, -0.2) is 11.0 Å². The second kappa shape index (κ2) is 9.98. The number of anilines is 1. The second-order valence-electron chi connectivity index (χ2n) is 4.80. The number of benzene rings is 1. The Balaban J connectivity index is 2.29. The predicted octanol–water partition coefficient (Wildman–Crippen LogP) is 5.17. The number of rotatable bonds is 7. The molecule has 0 radical (unpaired) electrons. The van der Waals surface area contributed by atoms with Gasteiger partial charge in [-0.25, -0.2) is 0 Å². The summed E-state index contributed by atoms with van der Waals surface area (Å²) in [6, 6.07) is 5.08. The number of thiocarbonyl (C=S) groups is 1. The molecule has 6 heteroatoms. The van der Waals surface area contributed by atoms with Gasteiger partial charge in [0.25, 0.3) is 0 Å². The van der Waals surface area contributed by atoms with E-state index in [1.165, 1.54) is 19.3 Å². The largest absolute Gasteiger partial charge is 0.332 e. The van der Waals surface area contributed by atoms with Crippen molar-refractivity contribution in [2.24, 2.45) is 0 Å². The number of carbonyl (C=O) groups excluding carboxylic acids is 1. The van der Waals surface area contributed by atoms with Crippen molar-refractivity contribution in [1.29, 1.82) is 0 Å². The van der Waals surface area contributed by atoms with Crippen molar-refractivity contribution in [3.05, 3.63) is 28.2 Å². The fourth-order valence-corrected chi connectivity index (χ4v) is 2.34. The van der Waals surface area contributed by atoms with Crippen molar-refractivity contribution in [3.8, 4) is 0 Å². The first-order chi connectivity index (χ1) is 10.0. The van der Waals surface area contributed by atoms with Crippen LogP contribution in [0.2, 0.25) is 10.0 Å². The lowest BCUT2D eigenvalue weighted by atomic mass is 10.1. The van der Waals surface area contributed by atoms with Gasteiger partial charge in [0, 0.05) is 12.1 Å². The Kier molecular flexibility index (Phi) is 8.66. The molecule has 0 aliphatic heterocycles. The lowest BCUT2D eigenvalue weighted by molar-refractivity contribution is -0.119. The van der Waals surface area contributed by atoms with E-state index < -0.39 is 0 Å². The summed E-state index contributed by atoms with van der Waals surface area (Å²) in [5.74, 6) is -0.0657. The molecule has 21 heavy (non-hydrogen) atoms. The Labute approximate surface area is 141 Å². The van der Waals surface area contributed by atoms with Crippen LogP contribution < -0.4 is 10.6 Å². The Bertz CT molecular complexity index is 495. The number of carbonyl (C=O) groups is 1. The Hall–Kier alpha value is -0.840. The highest BCUT2D eigenvalue weighted by Gasteiger charge is 2.06. The van der Waals surface area contributed by atoms with E-state index in [4.69, 9.17) is 35.4 Å². The number of hydrogen-bond donors (Lipinski definition) is 2. The molecule has 0 unspecified atom stereocenters. The first kappa shape index (κ1) is 18.2. The van der Waals surface area contributed by atoms with E-state index >= 15 is 0 Å². The Morgan fingerprint density at radius 2 is 1.86 bits per heavy atom. The smallest absolute Gasteiger partial charge is 0.226 e. The molecular formula is C15H20Cl2N2OS. The maximum absolute atomic E-state index is 11.7. The van der Waals surface area contributed by atoms with Crippen molar-refractivity contribution in [2.75, 3.05) is 5.32 Å². The first-order valence-electron chi connectivity index (χ1n) is 7.08. The molecule has 0 saturated heterocycles. The minimum Gasteiger partial charge on any atom is -0.332 e. The van der Waals surface area contributed by atoms with E-state index in [0.29, 0.717) is 22.2 Å². The van der Waals surface area contributed by atoms with Crippen LogP contribution in [0.5, 0.6) is 0 Å².